The van der Waals surface area contributed by atoms with E-state index in [0.717, 1.165) is 42.7 Å². The van der Waals surface area contributed by atoms with E-state index in [1.54, 1.807) is 24.1 Å². The van der Waals surface area contributed by atoms with Crippen LogP contribution in [0.25, 0.3) is 11.1 Å². The van der Waals surface area contributed by atoms with E-state index in [9.17, 15) is 4.79 Å². The first kappa shape index (κ1) is 24.8. The van der Waals surface area contributed by atoms with Gasteiger partial charge in [0, 0.05) is 48.5 Å². The van der Waals surface area contributed by atoms with Gasteiger partial charge in [-0.2, -0.15) is 4.98 Å². The maximum atomic E-state index is 15.9. The van der Waals surface area contributed by atoms with Crippen molar-refractivity contribution in [1.29, 1.82) is 0 Å². The molecule has 1 amide bonds. The molecule has 35 heavy (non-hydrogen) atoms. The Bertz CT molecular complexity index is 1180. The minimum atomic E-state index is -0.538. The molecule has 3 aromatic rings. The lowest BCUT2D eigenvalue weighted by Gasteiger charge is -2.36. The molecular weight excluding hydrogens is 447 g/mol. The van der Waals surface area contributed by atoms with Crippen LogP contribution in [0.3, 0.4) is 0 Å². The number of carbonyl (C=O) groups excluding carboxylic acids is 1. The van der Waals surface area contributed by atoms with E-state index in [4.69, 9.17) is 4.52 Å². The van der Waals surface area contributed by atoms with E-state index in [0.29, 0.717) is 17.2 Å². The third-order valence-electron chi connectivity index (χ3n) is 6.69. The number of nitrogens with one attached hydrogen (secondary N) is 1. The van der Waals surface area contributed by atoms with Crippen molar-refractivity contribution in [2.45, 2.75) is 58.7 Å². The highest BCUT2D eigenvalue weighted by Crippen LogP contribution is 2.35. The number of rotatable bonds is 6. The minimum Gasteiger partial charge on any atom is -0.368 e. The third-order valence-corrected chi connectivity index (χ3v) is 6.69. The van der Waals surface area contributed by atoms with Crippen LogP contribution in [-0.4, -0.2) is 57.6 Å². The summed E-state index contributed by atoms with van der Waals surface area (Å²) in [6.07, 6.45) is 6.90. The molecule has 1 fully saturated rings. The van der Waals surface area contributed by atoms with Gasteiger partial charge in [0.1, 0.15) is 5.82 Å². The number of hydrogen-bond acceptors (Lipinski definition) is 7. The van der Waals surface area contributed by atoms with Crippen molar-refractivity contribution < 1.29 is 13.7 Å². The summed E-state index contributed by atoms with van der Waals surface area (Å²) in [4.78, 5) is 25.1. The quantitative estimate of drug-likeness (QED) is 0.566. The van der Waals surface area contributed by atoms with Crippen LogP contribution in [0.4, 0.5) is 10.1 Å². The van der Waals surface area contributed by atoms with Gasteiger partial charge in [-0.15, -0.1) is 0 Å². The molecule has 1 aliphatic rings. The molecule has 0 spiro atoms. The number of amides is 1. The topological polar surface area (TPSA) is 87.4 Å². The van der Waals surface area contributed by atoms with Gasteiger partial charge >= 0.3 is 11.8 Å². The number of halogens is 1. The Labute approximate surface area is 205 Å². The number of hydrogen-bond donors (Lipinski definition) is 1. The lowest BCUT2D eigenvalue weighted by atomic mass is 9.95. The lowest BCUT2D eigenvalue weighted by Crippen LogP contribution is -2.45. The van der Waals surface area contributed by atoms with Gasteiger partial charge in [-0.05, 0) is 64.8 Å². The smallest absolute Gasteiger partial charge is 0.315 e. The fourth-order valence-corrected chi connectivity index (χ4v) is 4.57. The number of nitrogens with zero attached hydrogens (tertiary/aromatic N) is 5. The summed E-state index contributed by atoms with van der Waals surface area (Å²) < 4.78 is 20.8. The Morgan fingerprint density at radius 1 is 1.29 bits per heavy atom. The van der Waals surface area contributed by atoms with Gasteiger partial charge < -0.3 is 19.6 Å². The highest BCUT2D eigenvalue weighted by Gasteiger charge is 2.31. The molecule has 1 N–H and O–H groups in total. The van der Waals surface area contributed by atoms with E-state index in [2.05, 4.69) is 25.3 Å². The molecule has 0 radical (unpaired) electrons. The fourth-order valence-electron chi connectivity index (χ4n) is 4.57. The van der Waals surface area contributed by atoms with Gasteiger partial charge in [0.05, 0.1) is 11.9 Å². The molecule has 0 aliphatic carbocycles. The lowest BCUT2D eigenvalue weighted by molar-refractivity contribution is 0.0507. The molecule has 0 saturated carbocycles. The first-order valence-corrected chi connectivity index (χ1v) is 11.9. The Balaban J connectivity index is 1.67. The maximum Gasteiger partial charge on any atom is 0.315 e. The highest BCUT2D eigenvalue weighted by molar-refractivity contribution is 5.90. The van der Waals surface area contributed by atoms with E-state index in [1.165, 1.54) is 6.33 Å². The molecule has 9 heteroatoms. The second-order valence-corrected chi connectivity index (χ2v) is 9.99. The van der Waals surface area contributed by atoms with E-state index in [1.807, 2.05) is 46.1 Å². The van der Waals surface area contributed by atoms with Crippen LogP contribution in [0, 0.1) is 12.7 Å². The van der Waals surface area contributed by atoms with Gasteiger partial charge in [0.15, 0.2) is 6.33 Å². The standard InChI is InChI=1S/C26H33FN6O2/c1-17-18(14-33(26(2,3)4)25(34)24-30-16-31-35-24)8-9-21(23(17)27)20-10-11-29-13-22(20)32-12-6-7-19(15-32)28-5/h8-11,13,16,19,28H,6-7,12,14-15H2,1-5H3. The van der Waals surface area contributed by atoms with Crippen molar-refractivity contribution in [2.24, 2.45) is 0 Å². The van der Waals surface area contributed by atoms with E-state index < -0.39 is 5.54 Å². The number of piperidine rings is 1. The molecule has 186 valence electrons. The Morgan fingerprint density at radius 2 is 2.09 bits per heavy atom. The average Bonchev–Trinajstić information content (AvgIpc) is 3.39. The molecule has 1 unspecified atom stereocenters. The molecule has 8 nitrogen and oxygen atoms in total. The zero-order chi connectivity index (χ0) is 25.2. The van der Waals surface area contributed by atoms with Crippen molar-refractivity contribution in [3.05, 3.63) is 59.8 Å². The van der Waals surface area contributed by atoms with Gasteiger partial charge in [0.2, 0.25) is 0 Å². The van der Waals surface area contributed by atoms with Gasteiger partial charge in [-0.3, -0.25) is 9.78 Å². The number of pyridine rings is 1. The summed E-state index contributed by atoms with van der Waals surface area (Å²) in [5, 5.41) is 6.90. The van der Waals surface area contributed by atoms with Crippen molar-refractivity contribution in [3.8, 4) is 11.1 Å². The Kier molecular flexibility index (Phi) is 7.16. The van der Waals surface area contributed by atoms with Crippen LogP contribution in [0.2, 0.25) is 0 Å². The summed E-state index contributed by atoms with van der Waals surface area (Å²) in [7, 11) is 1.98. The molecule has 4 rings (SSSR count). The molecule has 1 aliphatic heterocycles. The fraction of sp³-hybridized carbons (Fsp3) is 0.462. The Hall–Kier alpha value is -3.33. The predicted octanol–water partition coefficient (Wildman–Crippen LogP) is 4.21. The summed E-state index contributed by atoms with van der Waals surface area (Å²) in [5.74, 6) is -0.770. The second-order valence-electron chi connectivity index (χ2n) is 9.99. The predicted molar refractivity (Wildman–Crippen MR) is 133 cm³/mol. The minimum absolute atomic E-state index is 0.0856. The number of anilines is 1. The van der Waals surface area contributed by atoms with Crippen molar-refractivity contribution in [3.63, 3.8) is 0 Å². The molecule has 0 bridgehead atoms. The van der Waals surface area contributed by atoms with Crippen LogP contribution in [0.15, 0.2) is 41.4 Å². The monoisotopic (exact) mass is 480 g/mol. The number of aromatic nitrogens is 3. The molecule has 2 aromatic heterocycles. The molecule has 3 heterocycles. The van der Waals surface area contributed by atoms with Crippen molar-refractivity contribution >= 4 is 11.6 Å². The van der Waals surface area contributed by atoms with E-state index in [-0.39, 0.29) is 24.2 Å². The van der Waals surface area contributed by atoms with Crippen molar-refractivity contribution in [2.75, 3.05) is 25.0 Å². The first-order chi connectivity index (χ1) is 16.7. The van der Waals surface area contributed by atoms with E-state index >= 15 is 4.39 Å². The first-order valence-electron chi connectivity index (χ1n) is 11.9. The molecule has 1 atom stereocenters. The van der Waals surface area contributed by atoms with Crippen molar-refractivity contribution in [1.82, 2.24) is 25.3 Å². The summed E-state index contributed by atoms with van der Waals surface area (Å²) in [5.41, 5.74) is 2.96. The Morgan fingerprint density at radius 3 is 2.77 bits per heavy atom. The molecule has 1 aromatic carbocycles. The van der Waals surface area contributed by atoms with Crippen LogP contribution in [0.5, 0.6) is 0 Å². The number of carbonyl (C=O) groups is 1. The van der Waals surface area contributed by atoms with Crippen LogP contribution in [0.1, 0.15) is 55.4 Å². The summed E-state index contributed by atoms with van der Waals surface area (Å²) in [6, 6.07) is 5.96. The number of benzene rings is 1. The largest absolute Gasteiger partial charge is 0.368 e. The van der Waals surface area contributed by atoms with Crippen LogP contribution >= 0.6 is 0 Å². The zero-order valence-electron chi connectivity index (χ0n) is 21.0. The zero-order valence-corrected chi connectivity index (χ0v) is 21.0. The third kappa shape index (κ3) is 5.19. The average molecular weight is 481 g/mol. The highest BCUT2D eigenvalue weighted by atomic mass is 19.1. The SMILES string of the molecule is CNC1CCCN(c2cnccc2-c2ccc(CN(C(=O)c3ncno3)C(C)(C)C)c(C)c2F)C1. The maximum absolute atomic E-state index is 15.9. The summed E-state index contributed by atoms with van der Waals surface area (Å²) >= 11 is 0. The normalized spacial score (nSPS) is 16.4. The van der Waals surface area contributed by atoms with Gasteiger partial charge in [0.25, 0.3) is 0 Å². The molecular formula is C26H33FN6O2. The van der Waals surface area contributed by atoms with Gasteiger partial charge in [-0.1, -0.05) is 17.3 Å². The number of likely N-dealkylation sites (N-methyl/N-ethyl adjacent to an activating group) is 1. The second kappa shape index (κ2) is 10.1. The van der Waals surface area contributed by atoms with Crippen LogP contribution < -0.4 is 10.2 Å². The van der Waals surface area contributed by atoms with Gasteiger partial charge in [-0.25, -0.2) is 4.39 Å². The summed E-state index contributed by atoms with van der Waals surface area (Å²) in [6.45, 7) is 9.49. The molecule has 1 saturated heterocycles. The van der Waals surface area contributed by atoms with Crippen LogP contribution in [-0.2, 0) is 6.54 Å².